The molecule has 0 unspecified atom stereocenters. The molecule has 1 fully saturated rings. The molecule has 1 heterocycles. The monoisotopic (exact) mass is 334 g/mol. The molecule has 1 aromatic rings. The van der Waals surface area contributed by atoms with Gasteiger partial charge in [-0.15, -0.1) is 0 Å². The number of halogens is 1. The molecule has 2 aliphatic rings. The molecule has 24 heavy (non-hydrogen) atoms. The second kappa shape index (κ2) is 6.69. The van der Waals surface area contributed by atoms with E-state index in [1.54, 1.807) is 0 Å². The molecule has 1 aliphatic heterocycles. The quantitative estimate of drug-likeness (QED) is 0.635. The minimum Gasteiger partial charge on any atom is -0.457 e. The van der Waals surface area contributed by atoms with Crippen molar-refractivity contribution in [2.45, 2.75) is 18.9 Å². The fourth-order valence-electron chi connectivity index (χ4n) is 2.38. The van der Waals surface area contributed by atoms with Gasteiger partial charge in [-0.3, -0.25) is 14.5 Å². The SMILES string of the molecule is O=C(NCC=CF)OCOc1ccc2c(c1)C(=O)N(C1CC1)C2=O. The van der Waals surface area contributed by atoms with E-state index in [0.29, 0.717) is 23.2 Å². The molecule has 0 aromatic heterocycles. The number of hydrogen-bond donors (Lipinski definition) is 1. The molecule has 0 radical (unpaired) electrons. The normalized spacial score (nSPS) is 16.5. The van der Waals surface area contributed by atoms with Crippen LogP contribution in [0.1, 0.15) is 33.6 Å². The average Bonchev–Trinajstić information content (AvgIpc) is 3.36. The summed E-state index contributed by atoms with van der Waals surface area (Å²) in [4.78, 5) is 37.0. The van der Waals surface area contributed by atoms with Gasteiger partial charge in [0.25, 0.3) is 11.8 Å². The Morgan fingerprint density at radius 3 is 2.75 bits per heavy atom. The van der Waals surface area contributed by atoms with Crippen LogP contribution in [0, 0.1) is 0 Å². The van der Waals surface area contributed by atoms with Crippen LogP contribution in [0.25, 0.3) is 0 Å². The number of amides is 3. The summed E-state index contributed by atoms with van der Waals surface area (Å²) in [5.74, 6) is -0.288. The van der Waals surface area contributed by atoms with Crippen LogP contribution in [0.2, 0.25) is 0 Å². The first-order valence-electron chi connectivity index (χ1n) is 7.42. The smallest absolute Gasteiger partial charge is 0.410 e. The maximum absolute atomic E-state index is 12.3. The third kappa shape index (κ3) is 3.22. The van der Waals surface area contributed by atoms with E-state index >= 15 is 0 Å². The molecule has 1 saturated carbocycles. The molecule has 3 amide bonds. The summed E-state index contributed by atoms with van der Waals surface area (Å²) in [5, 5.41) is 2.28. The molecule has 1 N–H and O–H groups in total. The number of nitrogens with zero attached hydrogens (tertiary/aromatic N) is 1. The molecule has 7 nitrogen and oxygen atoms in total. The van der Waals surface area contributed by atoms with Gasteiger partial charge in [-0.25, -0.2) is 9.18 Å². The van der Waals surface area contributed by atoms with Gasteiger partial charge in [0.2, 0.25) is 6.79 Å². The van der Waals surface area contributed by atoms with Crippen molar-refractivity contribution < 1.29 is 28.2 Å². The topological polar surface area (TPSA) is 84.9 Å². The molecule has 126 valence electrons. The number of ether oxygens (including phenoxy) is 2. The van der Waals surface area contributed by atoms with E-state index in [-0.39, 0.29) is 31.2 Å². The largest absolute Gasteiger partial charge is 0.457 e. The molecular formula is C16H15FN2O5. The Balaban J connectivity index is 1.57. The van der Waals surface area contributed by atoms with E-state index in [0.717, 1.165) is 18.9 Å². The van der Waals surface area contributed by atoms with Crippen molar-refractivity contribution in [1.82, 2.24) is 10.2 Å². The van der Waals surface area contributed by atoms with Gasteiger partial charge in [0.15, 0.2) is 0 Å². The highest BCUT2D eigenvalue weighted by atomic mass is 19.1. The van der Waals surface area contributed by atoms with Gasteiger partial charge in [-0.2, -0.15) is 0 Å². The van der Waals surface area contributed by atoms with Gasteiger partial charge in [-0.05, 0) is 37.1 Å². The first-order chi connectivity index (χ1) is 11.6. The Morgan fingerprint density at radius 2 is 2.04 bits per heavy atom. The zero-order valence-electron chi connectivity index (χ0n) is 12.7. The van der Waals surface area contributed by atoms with Crippen molar-refractivity contribution in [3.63, 3.8) is 0 Å². The lowest BCUT2D eigenvalue weighted by Gasteiger charge is -2.11. The van der Waals surface area contributed by atoms with Gasteiger partial charge in [0.1, 0.15) is 5.75 Å². The number of imide groups is 1. The molecule has 0 bridgehead atoms. The number of rotatable bonds is 6. The highest BCUT2D eigenvalue weighted by molar-refractivity contribution is 6.21. The summed E-state index contributed by atoms with van der Waals surface area (Å²) in [6.07, 6.45) is 2.34. The van der Waals surface area contributed by atoms with Gasteiger partial charge in [0.05, 0.1) is 17.5 Å². The molecule has 8 heteroatoms. The van der Waals surface area contributed by atoms with Crippen molar-refractivity contribution in [3.05, 3.63) is 41.7 Å². The molecule has 0 atom stereocenters. The Hall–Kier alpha value is -2.90. The van der Waals surface area contributed by atoms with Crippen molar-refractivity contribution >= 4 is 17.9 Å². The van der Waals surface area contributed by atoms with E-state index in [1.165, 1.54) is 23.1 Å². The average molecular weight is 334 g/mol. The lowest BCUT2D eigenvalue weighted by Crippen LogP contribution is -2.31. The summed E-state index contributed by atoms with van der Waals surface area (Å²) < 4.78 is 21.7. The molecule has 0 saturated heterocycles. The number of nitrogens with one attached hydrogen (secondary N) is 1. The summed E-state index contributed by atoms with van der Waals surface area (Å²) >= 11 is 0. The minimum atomic E-state index is -0.763. The number of alkyl carbamates (subject to hydrolysis) is 1. The van der Waals surface area contributed by atoms with Gasteiger partial charge in [0, 0.05) is 12.6 Å². The lowest BCUT2D eigenvalue weighted by molar-refractivity contribution is 0.0593. The first-order valence-corrected chi connectivity index (χ1v) is 7.42. The van der Waals surface area contributed by atoms with Crippen molar-refractivity contribution in [2.24, 2.45) is 0 Å². The Kier molecular flexibility index (Phi) is 4.45. The molecule has 1 aliphatic carbocycles. The number of carbonyl (C=O) groups is 3. The molecule has 0 spiro atoms. The standard InChI is InChI=1S/C16H15FN2O5/c17-6-1-7-18-16(22)24-9-23-11-4-5-12-13(8-11)15(21)19(14(12)20)10-2-3-10/h1,4-6,8,10H,2-3,7,9H2,(H,18,22). The lowest BCUT2D eigenvalue weighted by atomic mass is 10.1. The third-order valence-corrected chi connectivity index (χ3v) is 3.67. The Bertz CT molecular complexity index is 714. The number of fused-ring (bicyclic) bond motifs is 1. The summed E-state index contributed by atoms with van der Waals surface area (Å²) in [6, 6.07) is 4.53. The summed E-state index contributed by atoms with van der Waals surface area (Å²) in [5.41, 5.74) is 0.651. The predicted molar refractivity (Wildman–Crippen MR) is 80.2 cm³/mol. The highest BCUT2D eigenvalue weighted by Crippen LogP contribution is 2.35. The highest BCUT2D eigenvalue weighted by Gasteiger charge is 2.44. The first kappa shape index (κ1) is 16.0. The molecule has 1 aromatic carbocycles. The van der Waals surface area contributed by atoms with Crippen LogP contribution in [-0.4, -0.2) is 42.2 Å². The van der Waals surface area contributed by atoms with Crippen molar-refractivity contribution in [1.29, 1.82) is 0 Å². The van der Waals surface area contributed by atoms with E-state index in [2.05, 4.69) is 5.32 Å². The van der Waals surface area contributed by atoms with E-state index in [1.807, 2.05) is 0 Å². The van der Waals surface area contributed by atoms with Crippen LogP contribution < -0.4 is 10.1 Å². The maximum atomic E-state index is 12.3. The molecular weight excluding hydrogens is 319 g/mol. The van der Waals surface area contributed by atoms with Crippen LogP contribution in [-0.2, 0) is 4.74 Å². The zero-order chi connectivity index (χ0) is 17.1. The van der Waals surface area contributed by atoms with Crippen LogP contribution in [0.4, 0.5) is 9.18 Å². The van der Waals surface area contributed by atoms with Crippen LogP contribution in [0.3, 0.4) is 0 Å². The summed E-state index contributed by atoms with van der Waals surface area (Å²) in [6.45, 7) is -0.375. The van der Waals surface area contributed by atoms with Crippen molar-refractivity contribution in [2.75, 3.05) is 13.3 Å². The fourth-order valence-corrected chi connectivity index (χ4v) is 2.38. The van der Waals surface area contributed by atoms with Crippen LogP contribution >= 0.6 is 0 Å². The van der Waals surface area contributed by atoms with Crippen LogP contribution in [0.5, 0.6) is 5.75 Å². The number of benzene rings is 1. The van der Waals surface area contributed by atoms with Gasteiger partial charge < -0.3 is 14.8 Å². The van der Waals surface area contributed by atoms with Gasteiger partial charge >= 0.3 is 6.09 Å². The van der Waals surface area contributed by atoms with E-state index in [4.69, 9.17) is 9.47 Å². The van der Waals surface area contributed by atoms with Crippen molar-refractivity contribution in [3.8, 4) is 5.75 Å². The summed E-state index contributed by atoms with van der Waals surface area (Å²) in [7, 11) is 0. The Labute approximate surface area is 137 Å². The Morgan fingerprint density at radius 1 is 1.29 bits per heavy atom. The fraction of sp³-hybridized carbons (Fsp3) is 0.312. The second-order valence-electron chi connectivity index (χ2n) is 5.36. The number of hydrogen-bond acceptors (Lipinski definition) is 5. The van der Waals surface area contributed by atoms with Crippen LogP contribution in [0.15, 0.2) is 30.6 Å². The maximum Gasteiger partial charge on any atom is 0.410 e. The second-order valence-corrected chi connectivity index (χ2v) is 5.36. The molecule has 3 rings (SSSR count). The number of carbonyl (C=O) groups excluding carboxylic acids is 3. The third-order valence-electron chi connectivity index (χ3n) is 3.67. The van der Waals surface area contributed by atoms with Gasteiger partial charge in [-0.1, -0.05) is 0 Å². The van der Waals surface area contributed by atoms with E-state index in [9.17, 15) is 18.8 Å². The predicted octanol–water partition coefficient (Wildman–Crippen LogP) is 1.99. The minimum absolute atomic E-state index is 0.00178. The zero-order valence-corrected chi connectivity index (χ0v) is 12.7. The van der Waals surface area contributed by atoms with E-state index < -0.39 is 6.09 Å².